The van der Waals surface area contributed by atoms with Crippen LogP contribution < -0.4 is 0 Å². The third kappa shape index (κ3) is 1.99. The average molecular weight is 221 g/mol. The summed E-state index contributed by atoms with van der Waals surface area (Å²) in [4.78, 5) is 15.1. The zero-order valence-electron chi connectivity index (χ0n) is 7.88. The highest BCUT2D eigenvalue weighted by Crippen LogP contribution is 2.22. The van der Waals surface area contributed by atoms with Crippen LogP contribution in [0.1, 0.15) is 9.80 Å². The van der Waals surface area contributed by atoms with Crippen LogP contribution in [-0.2, 0) is 4.74 Å². The van der Waals surface area contributed by atoms with Gasteiger partial charge in [0.05, 0.1) is 7.11 Å². The van der Waals surface area contributed by atoms with E-state index in [9.17, 15) is 4.79 Å². The molecular weight excluding hydrogens is 214 g/mol. The number of rotatable bonds is 2. The Bertz CT molecular complexity index is 469. The van der Waals surface area contributed by atoms with Gasteiger partial charge in [0.25, 0.3) is 0 Å². The summed E-state index contributed by atoms with van der Waals surface area (Å²) in [5.74, 6) is -0.470. The summed E-state index contributed by atoms with van der Waals surface area (Å²) in [5, 5.41) is 8.52. The van der Waals surface area contributed by atoms with Gasteiger partial charge >= 0.3 is 5.97 Å². The summed E-state index contributed by atoms with van der Waals surface area (Å²) in [6.45, 7) is 0. The van der Waals surface area contributed by atoms with E-state index in [0.29, 0.717) is 5.01 Å². The SMILES string of the molecule is COC(=O)c1nnc(-c2cccnc2)s1. The van der Waals surface area contributed by atoms with Gasteiger partial charge in [-0.2, -0.15) is 0 Å². The number of hydrogen-bond donors (Lipinski definition) is 0. The Balaban J connectivity index is 2.32. The molecule has 2 aromatic heterocycles. The Morgan fingerprint density at radius 1 is 1.47 bits per heavy atom. The van der Waals surface area contributed by atoms with Gasteiger partial charge in [0.15, 0.2) is 0 Å². The number of methoxy groups -OCH3 is 1. The van der Waals surface area contributed by atoms with Crippen molar-refractivity contribution in [1.29, 1.82) is 0 Å². The van der Waals surface area contributed by atoms with E-state index in [2.05, 4.69) is 19.9 Å². The van der Waals surface area contributed by atoms with Crippen molar-refractivity contribution >= 4 is 17.3 Å². The van der Waals surface area contributed by atoms with Crippen molar-refractivity contribution in [1.82, 2.24) is 15.2 Å². The molecule has 5 nitrogen and oxygen atoms in total. The lowest BCUT2D eigenvalue weighted by atomic mass is 10.3. The predicted molar refractivity (Wildman–Crippen MR) is 54.5 cm³/mol. The number of hydrogen-bond acceptors (Lipinski definition) is 6. The Labute approximate surface area is 89.8 Å². The van der Waals surface area contributed by atoms with Gasteiger partial charge in [0.2, 0.25) is 5.01 Å². The molecule has 0 spiro atoms. The van der Waals surface area contributed by atoms with Crippen molar-refractivity contribution in [2.24, 2.45) is 0 Å². The molecule has 0 bridgehead atoms. The molecule has 2 heterocycles. The molecular formula is C9H7N3O2S. The third-order valence-corrected chi connectivity index (χ3v) is 2.65. The summed E-state index contributed by atoms with van der Waals surface area (Å²) in [6.07, 6.45) is 3.34. The van der Waals surface area contributed by atoms with Crippen LogP contribution in [0.3, 0.4) is 0 Å². The van der Waals surface area contributed by atoms with Gasteiger partial charge in [-0.25, -0.2) is 4.79 Å². The van der Waals surface area contributed by atoms with Crippen molar-refractivity contribution in [3.63, 3.8) is 0 Å². The van der Waals surface area contributed by atoms with E-state index in [-0.39, 0.29) is 5.01 Å². The van der Waals surface area contributed by atoms with Gasteiger partial charge in [0, 0.05) is 18.0 Å². The molecule has 0 saturated carbocycles. The Hall–Kier alpha value is -1.82. The largest absolute Gasteiger partial charge is 0.464 e. The Morgan fingerprint density at radius 3 is 3.00 bits per heavy atom. The highest BCUT2D eigenvalue weighted by atomic mass is 32.1. The zero-order valence-corrected chi connectivity index (χ0v) is 8.69. The van der Waals surface area contributed by atoms with E-state index in [1.165, 1.54) is 18.4 Å². The van der Waals surface area contributed by atoms with Gasteiger partial charge in [-0.3, -0.25) is 4.98 Å². The lowest BCUT2D eigenvalue weighted by Gasteiger charge is -1.91. The lowest BCUT2D eigenvalue weighted by molar-refractivity contribution is 0.0599. The molecule has 0 radical (unpaired) electrons. The monoisotopic (exact) mass is 221 g/mol. The number of carbonyl (C=O) groups is 1. The molecule has 0 aliphatic heterocycles. The minimum Gasteiger partial charge on any atom is -0.464 e. The second-order valence-corrected chi connectivity index (χ2v) is 3.62. The smallest absolute Gasteiger partial charge is 0.369 e. The van der Waals surface area contributed by atoms with Crippen molar-refractivity contribution < 1.29 is 9.53 Å². The highest BCUT2D eigenvalue weighted by Gasteiger charge is 2.13. The maximum absolute atomic E-state index is 11.1. The molecule has 0 aromatic carbocycles. The maximum Gasteiger partial charge on any atom is 0.369 e. The molecule has 15 heavy (non-hydrogen) atoms. The molecule has 0 aliphatic rings. The first-order chi connectivity index (χ1) is 7.31. The van der Waals surface area contributed by atoms with Crippen molar-refractivity contribution in [3.8, 4) is 10.6 Å². The van der Waals surface area contributed by atoms with Gasteiger partial charge in [-0.1, -0.05) is 11.3 Å². The van der Waals surface area contributed by atoms with E-state index in [1.54, 1.807) is 18.5 Å². The summed E-state index contributed by atoms with van der Waals surface area (Å²) >= 11 is 1.18. The van der Waals surface area contributed by atoms with Crippen LogP contribution in [0.5, 0.6) is 0 Å². The number of pyridine rings is 1. The van der Waals surface area contributed by atoms with Crippen molar-refractivity contribution in [2.75, 3.05) is 7.11 Å². The molecule has 0 fully saturated rings. The van der Waals surface area contributed by atoms with Crippen LogP contribution in [-0.4, -0.2) is 28.3 Å². The number of nitrogens with zero attached hydrogens (tertiary/aromatic N) is 3. The molecule has 0 unspecified atom stereocenters. The minimum absolute atomic E-state index is 0.247. The number of ether oxygens (including phenoxy) is 1. The molecule has 0 N–H and O–H groups in total. The van der Waals surface area contributed by atoms with E-state index in [1.807, 2.05) is 6.07 Å². The van der Waals surface area contributed by atoms with E-state index in [4.69, 9.17) is 0 Å². The quantitative estimate of drug-likeness (QED) is 0.717. The second-order valence-electron chi connectivity index (χ2n) is 2.65. The number of esters is 1. The summed E-state index contributed by atoms with van der Waals surface area (Å²) < 4.78 is 4.54. The highest BCUT2D eigenvalue weighted by molar-refractivity contribution is 7.16. The molecule has 0 amide bonds. The predicted octanol–water partition coefficient (Wildman–Crippen LogP) is 1.39. The van der Waals surface area contributed by atoms with Gasteiger partial charge in [-0.15, -0.1) is 10.2 Å². The van der Waals surface area contributed by atoms with Crippen LogP contribution in [0, 0.1) is 0 Å². The standard InChI is InChI=1S/C9H7N3O2S/c1-14-9(13)8-12-11-7(15-8)6-3-2-4-10-5-6/h2-5H,1H3. The first-order valence-electron chi connectivity index (χ1n) is 4.13. The van der Waals surface area contributed by atoms with Crippen LogP contribution in [0.25, 0.3) is 10.6 Å². The average Bonchev–Trinajstić information content (AvgIpc) is 2.78. The minimum atomic E-state index is -0.470. The third-order valence-electron chi connectivity index (χ3n) is 1.69. The van der Waals surface area contributed by atoms with Crippen LogP contribution in [0.15, 0.2) is 24.5 Å². The van der Waals surface area contributed by atoms with E-state index in [0.717, 1.165) is 5.56 Å². The van der Waals surface area contributed by atoms with Crippen molar-refractivity contribution in [3.05, 3.63) is 29.5 Å². The number of carbonyl (C=O) groups excluding carboxylic acids is 1. The van der Waals surface area contributed by atoms with Crippen LogP contribution >= 0.6 is 11.3 Å². The first-order valence-corrected chi connectivity index (χ1v) is 4.95. The fraction of sp³-hybridized carbons (Fsp3) is 0.111. The van der Waals surface area contributed by atoms with E-state index >= 15 is 0 Å². The molecule has 0 saturated heterocycles. The second kappa shape index (κ2) is 4.14. The van der Waals surface area contributed by atoms with Crippen LogP contribution in [0.2, 0.25) is 0 Å². The molecule has 6 heteroatoms. The Morgan fingerprint density at radius 2 is 2.33 bits per heavy atom. The first kappa shape index (κ1) is 9.72. The fourth-order valence-corrected chi connectivity index (χ4v) is 1.75. The topological polar surface area (TPSA) is 65.0 Å². The maximum atomic E-state index is 11.1. The summed E-state index contributed by atoms with van der Waals surface area (Å²) in [5.41, 5.74) is 0.838. The number of aromatic nitrogens is 3. The summed E-state index contributed by atoms with van der Waals surface area (Å²) in [7, 11) is 1.31. The lowest BCUT2D eigenvalue weighted by Crippen LogP contribution is -1.99. The van der Waals surface area contributed by atoms with Gasteiger partial charge < -0.3 is 4.74 Å². The van der Waals surface area contributed by atoms with Gasteiger partial charge in [0.1, 0.15) is 5.01 Å². The molecule has 0 atom stereocenters. The normalized spacial score (nSPS) is 9.93. The van der Waals surface area contributed by atoms with Crippen molar-refractivity contribution in [2.45, 2.75) is 0 Å². The van der Waals surface area contributed by atoms with E-state index < -0.39 is 5.97 Å². The summed E-state index contributed by atoms with van der Waals surface area (Å²) in [6, 6.07) is 3.66. The Kier molecular flexibility index (Phi) is 2.68. The molecule has 0 aliphatic carbocycles. The van der Waals surface area contributed by atoms with Gasteiger partial charge in [-0.05, 0) is 12.1 Å². The molecule has 2 rings (SSSR count). The molecule has 76 valence electrons. The molecule has 2 aromatic rings. The van der Waals surface area contributed by atoms with Crippen LogP contribution in [0.4, 0.5) is 0 Å². The fourth-order valence-electron chi connectivity index (χ4n) is 0.999. The zero-order chi connectivity index (χ0) is 10.7.